The minimum atomic E-state index is -2.61. The molecule has 1 atom stereocenters. The minimum Gasteiger partial charge on any atom is -0.384 e. The zero-order valence-electron chi connectivity index (χ0n) is 14.0. The Hall–Kier alpha value is -1.54. The number of ether oxygens (including phenoxy) is 1. The van der Waals surface area contributed by atoms with Gasteiger partial charge < -0.3 is 9.64 Å². The van der Waals surface area contributed by atoms with E-state index in [9.17, 15) is 13.6 Å². The largest absolute Gasteiger partial charge is 0.384 e. The van der Waals surface area contributed by atoms with Gasteiger partial charge >= 0.3 is 0 Å². The van der Waals surface area contributed by atoms with Crippen LogP contribution in [0.2, 0.25) is 0 Å². The summed E-state index contributed by atoms with van der Waals surface area (Å²) < 4.78 is 33.8. The van der Waals surface area contributed by atoms with Crippen LogP contribution in [0.5, 0.6) is 0 Å². The zero-order chi connectivity index (χ0) is 17.2. The highest BCUT2D eigenvalue weighted by Gasteiger charge is 2.40. The van der Waals surface area contributed by atoms with E-state index in [0.29, 0.717) is 39.2 Å². The Morgan fingerprint density at radius 2 is 2.29 bits per heavy atom. The van der Waals surface area contributed by atoms with E-state index in [-0.39, 0.29) is 24.9 Å². The number of likely N-dealkylation sites (tertiary alicyclic amines) is 1. The van der Waals surface area contributed by atoms with Crippen molar-refractivity contribution in [2.24, 2.45) is 0 Å². The molecule has 1 fully saturated rings. The van der Waals surface area contributed by atoms with Crippen molar-refractivity contribution in [1.29, 1.82) is 0 Å². The molecule has 8 heteroatoms. The van der Waals surface area contributed by atoms with E-state index in [2.05, 4.69) is 5.10 Å². The molecule has 2 aliphatic rings. The van der Waals surface area contributed by atoms with Crippen molar-refractivity contribution in [2.75, 3.05) is 33.4 Å². The number of nitrogens with zero attached hydrogens (tertiary/aromatic N) is 4. The van der Waals surface area contributed by atoms with Crippen LogP contribution < -0.4 is 0 Å². The number of hydrogen-bond donors (Lipinski definition) is 0. The topological polar surface area (TPSA) is 50.6 Å². The van der Waals surface area contributed by atoms with Crippen LogP contribution >= 0.6 is 0 Å². The number of carbonyl (C=O) groups excluding carboxylic acids is 1. The number of aromatic nitrogens is 2. The first-order valence-corrected chi connectivity index (χ1v) is 8.38. The summed E-state index contributed by atoms with van der Waals surface area (Å²) in [6.45, 7) is 2.19. The fourth-order valence-electron chi connectivity index (χ4n) is 3.50. The summed E-state index contributed by atoms with van der Waals surface area (Å²) in [4.78, 5) is 16.2. The number of aryl methyl sites for hydroxylation is 1. The lowest BCUT2D eigenvalue weighted by Gasteiger charge is -2.32. The molecule has 6 nitrogen and oxygen atoms in total. The zero-order valence-corrected chi connectivity index (χ0v) is 14.0. The summed E-state index contributed by atoms with van der Waals surface area (Å²) in [6, 6.07) is 1.83. The third-order valence-electron chi connectivity index (χ3n) is 4.81. The average molecular weight is 342 g/mol. The maximum atomic E-state index is 13.5. The van der Waals surface area contributed by atoms with Gasteiger partial charge in [0.1, 0.15) is 0 Å². The minimum absolute atomic E-state index is 0.00228. The standard InChI is InChI=1S/C16H24F2N4O2/c1-24-9-4-15(23)21-11-14-2-6-19-22(14)7-3-13(21)10-20-8-5-16(17,18)12-20/h2,6,13H,3-5,7-12H2,1H3/t13-/m1/s1. The highest BCUT2D eigenvalue weighted by molar-refractivity contribution is 5.76. The highest BCUT2D eigenvalue weighted by Crippen LogP contribution is 2.28. The van der Waals surface area contributed by atoms with Crippen molar-refractivity contribution in [2.45, 2.75) is 44.3 Å². The molecule has 0 radical (unpaired) electrons. The Labute approximate surface area is 140 Å². The van der Waals surface area contributed by atoms with Crippen molar-refractivity contribution >= 4 is 5.91 Å². The molecule has 0 bridgehead atoms. The van der Waals surface area contributed by atoms with E-state index in [1.807, 2.05) is 15.6 Å². The third-order valence-corrected chi connectivity index (χ3v) is 4.81. The molecular weight excluding hydrogens is 318 g/mol. The lowest BCUT2D eigenvalue weighted by molar-refractivity contribution is -0.135. The van der Waals surface area contributed by atoms with Crippen molar-refractivity contribution in [1.82, 2.24) is 19.6 Å². The summed E-state index contributed by atoms with van der Waals surface area (Å²) in [6.07, 6.45) is 2.65. The van der Waals surface area contributed by atoms with Crippen LogP contribution in [0.15, 0.2) is 12.3 Å². The van der Waals surface area contributed by atoms with Gasteiger partial charge in [-0.05, 0) is 12.5 Å². The molecular formula is C16H24F2N4O2. The van der Waals surface area contributed by atoms with Gasteiger partial charge in [-0.3, -0.25) is 14.4 Å². The quantitative estimate of drug-likeness (QED) is 0.811. The molecule has 0 spiro atoms. The molecule has 3 heterocycles. The normalized spacial score (nSPS) is 24.0. The number of fused-ring (bicyclic) bond motifs is 1. The van der Waals surface area contributed by atoms with Crippen molar-refractivity contribution in [3.05, 3.63) is 18.0 Å². The van der Waals surface area contributed by atoms with Gasteiger partial charge in [0.05, 0.1) is 31.8 Å². The number of alkyl halides is 2. The Morgan fingerprint density at radius 3 is 3.00 bits per heavy atom. The van der Waals surface area contributed by atoms with E-state index < -0.39 is 5.92 Å². The molecule has 3 rings (SSSR count). The van der Waals surface area contributed by atoms with E-state index in [1.165, 1.54) is 0 Å². The van der Waals surface area contributed by atoms with Crippen LogP contribution in [0, 0.1) is 0 Å². The molecule has 0 unspecified atom stereocenters. The number of amides is 1. The van der Waals surface area contributed by atoms with Gasteiger partial charge in [-0.1, -0.05) is 0 Å². The number of methoxy groups -OCH3 is 1. The molecule has 1 aromatic rings. The van der Waals surface area contributed by atoms with Crippen LogP contribution in [0.25, 0.3) is 0 Å². The van der Waals surface area contributed by atoms with Crippen LogP contribution in [0.4, 0.5) is 8.78 Å². The summed E-state index contributed by atoms with van der Waals surface area (Å²) in [7, 11) is 1.56. The monoisotopic (exact) mass is 342 g/mol. The Morgan fingerprint density at radius 1 is 1.46 bits per heavy atom. The number of hydrogen-bond acceptors (Lipinski definition) is 4. The number of rotatable bonds is 5. The van der Waals surface area contributed by atoms with Crippen LogP contribution in [-0.4, -0.2) is 70.8 Å². The van der Waals surface area contributed by atoms with Crippen molar-refractivity contribution in [3.8, 4) is 0 Å². The molecule has 0 N–H and O–H groups in total. The maximum Gasteiger partial charge on any atom is 0.261 e. The first-order valence-electron chi connectivity index (χ1n) is 8.38. The summed E-state index contributed by atoms with van der Waals surface area (Å²) in [5.41, 5.74) is 0.981. The molecule has 24 heavy (non-hydrogen) atoms. The first-order chi connectivity index (χ1) is 11.5. The predicted octanol–water partition coefficient (Wildman–Crippen LogP) is 1.36. The van der Waals surface area contributed by atoms with E-state index in [1.54, 1.807) is 18.2 Å². The van der Waals surface area contributed by atoms with Gasteiger partial charge in [-0.25, -0.2) is 8.78 Å². The SMILES string of the molecule is COCCC(=O)N1Cc2ccnn2CC[C@@H]1CN1CCC(F)(F)C1. The second-order valence-electron chi connectivity index (χ2n) is 6.59. The summed E-state index contributed by atoms with van der Waals surface area (Å²) in [5.74, 6) is -2.61. The van der Waals surface area contributed by atoms with Gasteiger partial charge in [0, 0.05) is 45.4 Å². The Kier molecular flexibility index (Phi) is 5.15. The summed E-state index contributed by atoms with van der Waals surface area (Å²) in [5, 5.41) is 4.28. The van der Waals surface area contributed by atoms with Crippen LogP contribution in [0.3, 0.4) is 0 Å². The summed E-state index contributed by atoms with van der Waals surface area (Å²) >= 11 is 0. The molecule has 0 aromatic carbocycles. The molecule has 134 valence electrons. The fraction of sp³-hybridized carbons (Fsp3) is 0.750. The van der Waals surface area contributed by atoms with Crippen molar-refractivity contribution in [3.63, 3.8) is 0 Å². The van der Waals surface area contributed by atoms with E-state index in [0.717, 1.165) is 12.1 Å². The van der Waals surface area contributed by atoms with Gasteiger partial charge in [0.15, 0.2) is 0 Å². The molecule has 0 saturated carbocycles. The molecule has 1 amide bonds. The highest BCUT2D eigenvalue weighted by atomic mass is 19.3. The Bertz CT molecular complexity index is 578. The lowest BCUT2D eigenvalue weighted by Crippen LogP contribution is -2.46. The van der Waals surface area contributed by atoms with Crippen molar-refractivity contribution < 1.29 is 18.3 Å². The molecule has 0 aliphatic carbocycles. The van der Waals surface area contributed by atoms with E-state index >= 15 is 0 Å². The first kappa shape index (κ1) is 17.3. The van der Waals surface area contributed by atoms with Crippen LogP contribution in [-0.2, 0) is 22.6 Å². The second-order valence-corrected chi connectivity index (χ2v) is 6.59. The van der Waals surface area contributed by atoms with E-state index in [4.69, 9.17) is 4.74 Å². The van der Waals surface area contributed by atoms with Gasteiger partial charge in [0.2, 0.25) is 5.91 Å². The van der Waals surface area contributed by atoms with Gasteiger partial charge in [0.25, 0.3) is 5.92 Å². The maximum absolute atomic E-state index is 13.5. The van der Waals surface area contributed by atoms with Crippen LogP contribution in [0.1, 0.15) is 25.0 Å². The van der Waals surface area contributed by atoms with Gasteiger partial charge in [-0.15, -0.1) is 0 Å². The lowest BCUT2D eigenvalue weighted by atomic mass is 10.1. The Balaban J connectivity index is 1.72. The smallest absolute Gasteiger partial charge is 0.261 e. The number of halogens is 2. The average Bonchev–Trinajstić information content (AvgIpc) is 3.08. The molecule has 1 aromatic heterocycles. The molecule has 2 aliphatic heterocycles. The molecule has 1 saturated heterocycles. The fourth-order valence-corrected chi connectivity index (χ4v) is 3.50. The predicted molar refractivity (Wildman–Crippen MR) is 83.7 cm³/mol. The third kappa shape index (κ3) is 3.92. The number of carbonyl (C=O) groups is 1. The second kappa shape index (κ2) is 7.14. The van der Waals surface area contributed by atoms with Gasteiger partial charge in [-0.2, -0.15) is 5.10 Å².